The molecule has 3 rings (SSSR count). The minimum Gasteiger partial charge on any atom is -0.330 e. The van der Waals surface area contributed by atoms with Crippen molar-refractivity contribution in [2.75, 3.05) is 5.32 Å². The van der Waals surface area contributed by atoms with Gasteiger partial charge in [0.05, 0.1) is 6.54 Å². The van der Waals surface area contributed by atoms with Crippen LogP contribution in [0.15, 0.2) is 30.3 Å². The van der Waals surface area contributed by atoms with Gasteiger partial charge in [0.25, 0.3) is 0 Å². The van der Waals surface area contributed by atoms with Gasteiger partial charge in [0, 0.05) is 6.42 Å². The Hall–Kier alpha value is -3.23. The zero-order valence-corrected chi connectivity index (χ0v) is 12.5. The highest BCUT2D eigenvalue weighted by Gasteiger charge is 2.09. The molecule has 0 unspecified atom stereocenters. The lowest BCUT2D eigenvalue weighted by atomic mass is 10.1. The topological polar surface area (TPSA) is 124 Å². The number of anilines is 1. The summed E-state index contributed by atoms with van der Waals surface area (Å²) in [4.78, 5) is 20.1. The third-order valence-electron chi connectivity index (χ3n) is 3.02. The number of aromatic nitrogens is 6. The third-order valence-corrected chi connectivity index (χ3v) is 3.02. The van der Waals surface area contributed by atoms with E-state index in [-0.39, 0.29) is 12.5 Å². The summed E-state index contributed by atoms with van der Waals surface area (Å²) in [5, 5.41) is 18.6. The maximum absolute atomic E-state index is 11.8. The molecule has 4 N–H and O–H groups in total. The number of hydrogen-bond donors (Lipinski definition) is 4. The van der Waals surface area contributed by atoms with Gasteiger partial charge >= 0.3 is 6.03 Å². The molecule has 1 aromatic carbocycles. The lowest BCUT2D eigenvalue weighted by molar-refractivity contribution is 0.251. The van der Waals surface area contributed by atoms with E-state index in [0.29, 0.717) is 23.9 Å². The van der Waals surface area contributed by atoms with Gasteiger partial charge in [-0.25, -0.2) is 9.78 Å². The van der Waals surface area contributed by atoms with E-state index in [1.165, 1.54) is 0 Å². The molecule has 23 heavy (non-hydrogen) atoms. The number of carbonyl (C=O) groups excluding carboxylic acids is 1. The Balaban J connectivity index is 1.51. The lowest BCUT2D eigenvalue weighted by Crippen LogP contribution is -2.29. The Morgan fingerprint density at radius 2 is 1.96 bits per heavy atom. The Morgan fingerprint density at radius 3 is 2.70 bits per heavy atom. The van der Waals surface area contributed by atoms with E-state index in [1.54, 1.807) is 6.92 Å². The first-order valence-corrected chi connectivity index (χ1v) is 7.07. The fraction of sp³-hybridized carbons (Fsp3) is 0.214. The van der Waals surface area contributed by atoms with Gasteiger partial charge in [-0.05, 0) is 12.5 Å². The van der Waals surface area contributed by atoms with Crippen LogP contribution in [0, 0.1) is 6.92 Å². The number of rotatable bonds is 5. The van der Waals surface area contributed by atoms with Crippen LogP contribution in [0.1, 0.15) is 23.0 Å². The molecule has 0 aliphatic heterocycles. The van der Waals surface area contributed by atoms with Crippen LogP contribution in [-0.4, -0.2) is 36.4 Å². The summed E-state index contributed by atoms with van der Waals surface area (Å²) in [5.41, 5.74) is 1.11. The van der Waals surface area contributed by atoms with Crippen LogP contribution in [0.4, 0.5) is 10.7 Å². The van der Waals surface area contributed by atoms with E-state index in [1.807, 2.05) is 30.3 Å². The van der Waals surface area contributed by atoms with E-state index in [0.717, 1.165) is 5.56 Å². The molecule has 0 radical (unpaired) electrons. The van der Waals surface area contributed by atoms with Crippen molar-refractivity contribution < 1.29 is 4.79 Å². The number of aromatic amines is 2. The first-order chi connectivity index (χ1) is 11.2. The average Bonchev–Trinajstić information content (AvgIpc) is 3.15. The van der Waals surface area contributed by atoms with E-state index >= 15 is 0 Å². The van der Waals surface area contributed by atoms with E-state index in [9.17, 15) is 4.79 Å². The number of carbonyl (C=O) groups is 1. The van der Waals surface area contributed by atoms with Crippen LogP contribution >= 0.6 is 0 Å². The van der Waals surface area contributed by atoms with E-state index < -0.39 is 6.03 Å². The predicted molar refractivity (Wildman–Crippen MR) is 82.6 cm³/mol. The number of amides is 2. The number of urea groups is 1. The Kier molecular flexibility index (Phi) is 4.27. The van der Waals surface area contributed by atoms with Crippen LogP contribution in [0.5, 0.6) is 0 Å². The van der Waals surface area contributed by atoms with Crippen molar-refractivity contribution in [3.05, 3.63) is 53.4 Å². The van der Waals surface area contributed by atoms with Crippen LogP contribution in [0.3, 0.4) is 0 Å². The molecule has 0 bridgehead atoms. The number of nitrogens with zero attached hydrogens (tertiary/aromatic N) is 4. The highest BCUT2D eigenvalue weighted by molar-refractivity contribution is 5.87. The molecule has 118 valence electrons. The summed E-state index contributed by atoms with van der Waals surface area (Å²) < 4.78 is 0. The van der Waals surface area contributed by atoms with Gasteiger partial charge in [0.15, 0.2) is 5.82 Å². The van der Waals surface area contributed by atoms with Gasteiger partial charge in [-0.1, -0.05) is 30.3 Å². The van der Waals surface area contributed by atoms with Crippen molar-refractivity contribution in [2.24, 2.45) is 0 Å². The van der Waals surface area contributed by atoms with Crippen molar-refractivity contribution in [1.29, 1.82) is 0 Å². The number of hydrogen-bond acceptors (Lipinski definition) is 5. The summed E-state index contributed by atoms with van der Waals surface area (Å²) >= 11 is 0. The Morgan fingerprint density at radius 1 is 1.13 bits per heavy atom. The van der Waals surface area contributed by atoms with Gasteiger partial charge in [0.1, 0.15) is 11.6 Å². The smallest absolute Gasteiger partial charge is 0.322 e. The lowest BCUT2D eigenvalue weighted by Gasteiger charge is -2.01. The fourth-order valence-corrected chi connectivity index (χ4v) is 1.99. The minimum absolute atomic E-state index is 0.220. The molecular formula is C14H16N8O. The molecule has 3 aromatic rings. The maximum Gasteiger partial charge on any atom is 0.322 e. The second kappa shape index (κ2) is 6.69. The average molecular weight is 312 g/mol. The first-order valence-electron chi connectivity index (χ1n) is 7.07. The molecule has 2 aromatic heterocycles. The van der Waals surface area contributed by atoms with Gasteiger partial charge in [0.2, 0.25) is 5.95 Å². The monoisotopic (exact) mass is 312 g/mol. The number of benzene rings is 1. The number of nitrogens with one attached hydrogen (secondary N) is 4. The largest absolute Gasteiger partial charge is 0.330 e. The predicted octanol–water partition coefficient (Wildman–Crippen LogP) is 1.14. The molecule has 0 saturated heterocycles. The second-order valence-electron chi connectivity index (χ2n) is 4.91. The number of H-pyrrole nitrogens is 2. The van der Waals surface area contributed by atoms with Crippen LogP contribution in [0.25, 0.3) is 0 Å². The normalized spacial score (nSPS) is 10.5. The molecule has 0 aliphatic carbocycles. The van der Waals surface area contributed by atoms with Gasteiger partial charge in [-0.15, -0.1) is 5.10 Å². The Labute approximate surface area is 132 Å². The SMILES string of the molecule is Cc1nc(CNC(=O)Nc2n[nH]c(Cc3ccccc3)n2)n[nH]1. The third kappa shape index (κ3) is 4.13. The van der Waals surface area contributed by atoms with Crippen LogP contribution < -0.4 is 10.6 Å². The van der Waals surface area contributed by atoms with Gasteiger partial charge in [-0.2, -0.15) is 10.1 Å². The molecule has 2 amide bonds. The molecule has 0 spiro atoms. The quantitative estimate of drug-likeness (QED) is 0.562. The highest BCUT2D eigenvalue weighted by Crippen LogP contribution is 2.06. The zero-order valence-electron chi connectivity index (χ0n) is 12.5. The van der Waals surface area contributed by atoms with Crippen molar-refractivity contribution >= 4 is 12.0 Å². The van der Waals surface area contributed by atoms with Gasteiger partial charge < -0.3 is 5.32 Å². The molecule has 9 nitrogen and oxygen atoms in total. The van der Waals surface area contributed by atoms with E-state index in [4.69, 9.17) is 0 Å². The van der Waals surface area contributed by atoms with Crippen LogP contribution in [-0.2, 0) is 13.0 Å². The maximum atomic E-state index is 11.8. The summed E-state index contributed by atoms with van der Waals surface area (Å²) in [6, 6.07) is 9.46. The molecular weight excluding hydrogens is 296 g/mol. The van der Waals surface area contributed by atoms with E-state index in [2.05, 4.69) is 41.0 Å². The summed E-state index contributed by atoms with van der Waals surface area (Å²) in [6.45, 7) is 2.01. The summed E-state index contributed by atoms with van der Waals surface area (Å²) in [6.07, 6.45) is 0.619. The van der Waals surface area contributed by atoms with Crippen molar-refractivity contribution in [3.63, 3.8) is 0 Å². The van der Waals surface area contributed by atoms with Crippen molar-refractivity contribution in [3.8, 4) is 0 Å². The Bertz CT molecular complexity index is 779. The number of aryl methyl sites for hydroxylation is 1. The fourth-order valence-electron chi connectivity index (χ4n) is 1.99. The summed E-state index contributed by atoms with van der Waals surface area (Å²) in [5.74, 6) is 2.11. The zero-order chi connectivity index (χ0) is 16.1. The first kappa shape index (κ1) is 14.7. The molecule has 0 aliphatic rings. The molecule has 0 fully saturated rings. The molecule has 9 heteroatoms. The standard InChI is InChI=1S/C14H16N8O/c1-9-16-12(21-19-9)8-15-14(23)18-13-17-11(20-22-13)7-10-5-3-2-4-6-10/h2-6H,7-8H2,1H3,(H,16,19,21)(H3,15,17,18,20,22,23). The molecule has 0 atom stereocenters. The second-order valence-corrected chi connectivity index (χ2v) is 4.91. The minimum atomic E-state index is -0.419. The van der Waals surface area contributed by atoms with Crippen molar-refractivity contribution in [1.82, 2.24) is 35.7 Å². The van der Waals surface area contributed by atoms with Crippen molar-refractivity contribution in [2.45, 2.75) is 19.9 Å². The molecule has 2 heterocycles. The van der Waals surface area contributed by atoms with Crippen LogP contribution in [0.2, 0.25) is 0 Å². The highest BCUT2D eigenvalue weighted by atomic mass is 16.2. The van der Waals surface area contributed by atoms with Gasteiger partial charge in [-0.3, -0.25) is 15.5 Å². The summed E-state index contributed by atoms with van der Waals surface area (Å²) in [7, 11) is 0. The molecule has 0 saturated carbocycles.